The molecule has 0 atom stereocenters. The highest BCUT2D eigenvalue weighted by atomic mass is 16.3. The van der Waals surface area contributed by atoms with Gasteiger partial charge in [0.2, 0.25) is 0 Å². The lowest BCUT2D eigenvalue weighted by atomic mass is 9.99. The molecule has 0 fully saturated rings. The molecule has 9 aromatic rings. The van der Waals surface area contributed by atoms with Gasteiger partial charge in [0.1, 0.15) is 11.2 Å². The number of hydrogen-bond acceptors (Lipinski definition) is 1. The number of benzene rings is 7. The molecule has 0 bridgehead atoms. The van der Waals surface area contributed by atoms with Crippen molar-refractivity contribution in [3.05, 3.63) is 140 Å². The average Bonchev–Trinajstić information content (AvgIpc) is 3.57. The van der Waals surface area contributed by atoms with Crippen LogP contribution in [0.1, 0.15) is 0 Å². The van der Waals surface area contributed by atoms with E-state index in [1.807, 2.05) is 12.1 Å². The Bertz CT molecular complexity index is 2350. The summed E-state index contributed by atoms with van der Waals surface area (Å²) in [4.78, 5) is 0. The van der Waals surface area contributed by atoms with Crippen molar-refractivity contribution in [3.63, 3.8) is 0 Å². The highest BCUT2D eigenvalue weighted by Crippen LogP contribution is 2.42. The standard InChI is InChI=1S/C38H23NO/c1-3-13-28-24(9-1)19-21-32-37(28)38-29-14-4-2-10-25(29)20-22-33(38)39(32)27-12-7-11-26(23-27)30-16-8-18-35-36(30)31-15-5-6-17-34(31)40-35/h1-23H. The van der Waals surface area contributed by atoms with E-state index >= 15 is 0 Å². The van der Waals surface area contributed by atoms with Crippen LogP contribution < -0.4 is 0 Å². The lowest BCUT2D eigenvalue weighted by Crippen LogP contribution is -1.94. The molecule has 0 aliphatic heterocycles. The topological polar surface area (TPSA) is 18.1 Å². The smallest absolute Gasteiger partial charge is 0.136 e. The second kappa shape index (κ2) is 8.08. The summed E-state index contributed by atoms with van der Waals surface area (Å²) in [6.07, 6.45) is 0. The van der Waals surface area contributed by atoms with Gasteiger partial charge in [-0.3, -0.25) is 0 Å². The van der Waals surface area contributed by atoms with Crippen molar-refractivity contribution in [2.75, 3.05) is 0 Å². The summed E-state index contributed by atoms with van der Waals surface area (Å²) >= 11 is 0. The molecular formula is C38H23NO. The van der Waals surface area contributed by atoms with Crippen LogP contribution >= 0.6 is 0 Å². The Balaban J connectivity index is 1.39. The maximum absolute atomic E-state index is 6.21. The molecule has 2 heterocycles. The SMILES string of the molecule is c1cc(-c2cccc3oc4ccccc4c23)cc(-n2c3ccc4ccccc4c3c3c4ccccc4ccc32)c1. The van der Waals surface area contributed by atoms with Crippen LogP contribution in [0.5, 0.6) is 0 Å². The fraction of sp³-hybridized carbons (Fsp3) is 0. The Morgan fingerprint density at radius 3 is 1.75 bits per heavy atom. The Hall–Kier alpha value is -5.34. The zero-order valence-corrected chi connectivity index (χ0v) is 21.6. The van der Waals surface area contributed by atoms with Crippen LogP contribution in [-0.4, -0.2) is 4.57 Å². The molecule has 186 valence electrons. The van der Waals surface area contributed by atoms with Gasteiger partial charge in [0.15, 0.2) is 0 Å². The highest BCUT2D eigenvalue weighted by molar-refractivity contribution is 6.28. The molecule has 0 N–H and O–H groups in total. The lowest BCUT2D eigenvalue weighted by Gasteiger charge is -2.11. The van der Waals surface area contributed by atoms with E-state index in [2.05, 4.69) is 132 Å². The first-order chi connectivity index (χ1) is 19.8. The molecule has 0 aliphatic carbocycles. The van der Waals surface area contributed by atoms with Gasteiger partial charge < -0.3 is 8.98 Å². The molecule has 0 amide bonds. The third-order valence-corrected chi connectivity index (χ3v) is 8.36. The van der Waals surface area contributed by atoms with Crippen LogP contribution in [0.4, 0.5) is 0 Å². The third kappa shape index (κ3) is 2.93. The number of fused-ring (bicyclic) bond motifs is 10. The minimum atomic E-state index is 0.916. The van der Waals surface area contributed by atoms with Gasteiger partial charge in [0.25, 0.3) is 0 Å². The van der Waals surface area contributed by atoms with Crippen molar-refractivity contribution in [2.24, 2.45) is 0 Å². The zero-order valence-electron chi connectivity index (χ0n) is 21.6. The predicted molar refractivity (Wildman–Crippen MR) is 169 cm³/mol. The summed E-state index contributed by atoms with van der Waals surface area (Å²) in [7, 11) is 0. The molecule has 0 spiro atoms. The second-order valence-electron chi connectivity index (χ2n) is 10.5. The molecule has 9 rings (SSSR count). The molecule has 0 saturated heterocycles. The van der Waals surface area contributed by atoms with Gasteiger partial charge in [-0.15, -0.1) is 0 Å². The van der Waals surface area contributed by atoms with Crippen LogP contribution in [0.3, 0.4) is 0 Å². The van der Waals surface area contributed by atoms with Gasteiger partial charge in [-0.2, -0.15) is 0 Å². The maximum atomic E-state index is 6.21. The van der Waals surface area contributed by atoms with Crippen molar-refractivity contribution in [1.82, 2.24) is 4.57 Å². The largest absolute Gasteiger partial charge is 0.456 e. The molecule has 2 nitrogen and oxygen atoms in total. The maximum Gasteiger partial charge on any atom is 0.136 e. The van der Waals surface area contributed by atoms with Gasteiger partial charge in [-0.25, -0.2) is 0 Å². The number of aromatic nitrogens is 1. The number of rotatable bonds is 2. The van der Waals surface area contributed by atoms with Crippen molar-refractivity contribution in [1.29, 1.82) is 0 Å². The van der Waals surface area contributed by atoms with Gasteiger partial charge in [-0.1, -0.05) is 103 Å². The second-order valence-corrected chi connectivity index (χ2v) is 10.5. The predicted octanol–water partition coefficient (Wildman–Crippen LogP) is 10.7. The van der Waals surface area contributed by atoms with Crippen LogP contribution in [0.2, 0.25) is 0 Å². The van der Waals surface area contributed by atoms with E-state index in [-0.39, 0.29) is 0 Å². The third-order valence-electron chi connectivity index (χ3n) is 8.36. The van der Waals surface area contributed by atoms with E-state index in [4.69, 9.17) is 4.42 Å². The van der Waals surface area contributed by atoms with E-state index in [9.17, 15) is 0 Å². The first kappa shape index (κ1) is 21.6. The molecule has 7 aromatic carbocycles. The molecule has 2 aromatic heterocycles. The number of para-hydroxylation sites is 1. The first-order valence-electron chi connectivity index (χ1n) is 13.7. The van der Waals surface area contributed by atoms with Crippen molar-refractivity contribution in [2.45, 2.75) is 0 Å². The molecule has 0 aliphatic rings. The minimum absolute atomic E-state index is 0.916. The average molecular weight is 510 g/mol. The quantitative estimate of drug-likeness (QED) is 0.227. The fourth-order valence-electron chi connectivity index (χ4n) is 6.65. The van der Waals surface area contributed by atoms with E-state index in [0.29, 0.717) is 0 Å². The normalized spacial score (nSPS) is 12.0. The summed E-state index contributed by atoms with van der Waals surface area (Å²) in [5, 5.41) is 10.00. The van der Waals surface area contributed by atoms with E-state index in [0.717, 1.165) is 27.6 Å². The van der Waals surface area contributed by atoms with E-state index in [1.54, 1.807) is 0 Å². The van der Waals surface area contributed by atoms with Crippen molar-refractivity contribution < 1.29 is 4.42 Å². The number of furan rings is 1. The van der Waals surface area contributed by atoms with Gasteiger partial charge in [-0.05, 0) is 69.1 Å². The summed E-state index contributed by atoms with van der Waals surface area (Å²) in [5.41, 5.74) is 7.77. The monoisotopic (exact) mass is 509 g/mol. The van der Waals surface area contributed by atoms with Crippen LogP contribution in [0.25, 0.3) is 82.1 Å². The van der Waals surface area contributed by atoms with E-state index < -0.39 is 0 Å². The Morgan fingerprint density at radius 2 is 1.02 bits per heavy atom. The van der Waals surface area contributed by atoms with Crippen LogP contribution in [0.15, 0.2) is 144 Å². The van der Waals surface area contributed by atoms with Crippen molar-refractivity contribution in [3.8, 4) is 16.8 Å². The summed E-state index contributed by atoms with van der Waals surface area (Å²) < 4.78 is 8.64. The van der Waals surface area contributed by atoms with Gasteiger partial charge in [0, 0.05) is 27.2 Å². The van der Waals surface area contributed by atoms with Crippen LogP contribution in [-0.2, 0) is 0 Å². The Morgan fingerprint density at radius 1 is 0.425 bits per heavy atom. The highest BCUT2D eigenvalue weighted by Gasteiger charge is 2.18. The Labute approximate surface area is 230 Å². The molecule has 0 saturated carbocycles. The summed E-state index contributed by atoms with van der Waals surface area (Å²) in [6.45, 7) is 0. The molecule has 2 heteroatoms. The molecule has 0 radical (unpaired) electrons. The summed E-state index contributed by atoms with van der Waals surface area (Å²) in [5.74, 6) is 0. The van der Waals surface area contributed by atoms with Crippen molar-refractivity contribution >= 4 is 65.3 Å². The molecule has 0 unspecified atom stereocenters. The lowest BCUT2D eigenvalue weighted by molar-refractivity contribution is 0.669. The molecular weight excluding hydrogens is 486 g/mol. The number of hydrogen-bond donors (Lipinski definition) is 0. The zero-order chi connectivity index (χ0) is 26.2. The fourth-order valence-corrected chi connectivity index (χ4v) is 6.65. The first-order valence-corrected chi connectivity index (χ1v) is 13.7. The van der Waals surface area contributed by atoms with Gasteiger partial charge >= 0.3 is 0 Å². The minimum Gasteiger partial charge on any atom is -0.456 e. The molecule has 40 heavy (non-hydrogen) atoms. The Kier molecular flexibility index (Phi) is 4.36. The number of nitrogens with zero attached hydrogens (tertiary/aromatic N) is 1. The van der Waals surface area contributed by atoms with E-state index in [1.165, 1.54) is 54.5 Å². The van der Waals surface area contributed by atoms with Gasteiger partial charge in [0.05, 0.1) is 11.0 Å². The summed E-state index contributed by atoms with van der Waals surface area (Å²) in [6, 6.07) is 50.1. The van der Waals surface area contributed by atoms with Crippen LogP contribution in [0, 0.1) is 0 Å².